The zero-order valence-corrected chi connectivity index (χ0v) is 12.0. The number of ether oxygens (including phenoxy) is 1. The van der Waals surface area contributed by atoms with Crippen molar-refractivity contribution in [3.63, 3.8) is 0 Å². The van der Waals surface area contributed by atoms with Gasteiger partial charge in [-0.05, 0) is 56.4 Å². The second-order valence-electron chi connectivity index (χ2n) is 5.04. The molecule has 2 N–H and O–H groups in total. The third kappa shape index (κ3) is 5.41. The molecule has 0 aliphatic carbocycles. The molecule has 0 aliphatic rings. The SMILES string of the molecule is CCCOc1ccc(C(F)(F)F)cc1CCCC(C)N. The molecule has 0 saturated carbocycles. The van der Waals surface area contributed by atoms with Gasteiger partial charge >= 0.3 is 6.18 Å². The van der Waals surface area contributed by atoms with Crippen molar-refractivity contribution in [3.8, 4) is 5.75 Å². The summed E-state index contributed by atoms with van der Waals surface area (Å²) in [6, 6.07) is 3.73. The van der Waals surface area contributed by atoms with Crippen molar-refractivity contribution in [1.82, 2.24) is 0 Å². The van der Waals surface area contributed by atoms with Crippen LogP contribution in [0.5, 0.6) is 5.75 Å². The Bertz CT molecular complexity index is 416. The molecule has 0 amide bonds. The van der Waals surface area contributed by atoms with Gasteiger partial charge in [0, 0.05) is 6.04 Å². The van der Waals surface area contributed by atoms with Crippen molar-refractivity contribution in [2.45, 2.75) is 51.7 Å². The van der Waals surface area contributed by atoms with Gasteiger partial charge in [0.25, 0.3) is 0 Å². The summed E-state index contributed by atoms with van der Waals surface area (Å²) in [5.41, 5.74) is 5.64. The number of hydrogen-bond donors (Lipinski definition) is 1. The highest BCUT2D eigenvalue weighted by atomic mass is 19.4. The molecule has 0 radical (unpaired) electrons. The zero-order chi connectivity index (χ0) is 15.2. The summed E-state index contributed by atoms with van der Waals surface area (Å²) < 4.78 is 43.7. The van der Waals surface area contributed by atoms with Gasteiger partial charge in [-0.1, -0.05) is 6.92 Å². The topological polar surface area (TPSA) is 35.2 Å². The van der Waals surface area contributed by atoms with Gasteiger partial charge in [-0.25, -0.2) is 0 Å². The summed E-state index contributed by atoms with van der Waals surface area (Å²) >= 11 is 0. The van der Waals surface area contributed by atoms with Gasteiger partial charge in [0.15, 0.2) is 0 Å². The molecular formula is C15H22F3NO. The molecule has 0 saturated heterocycles. The van der Waals surface area contributed by atoms with Crippen LogP contribution in [0.15, 0.2) is 18.2 Å². The number of halogens is 3. The number of rotatable bonds is 7. The molecule has 1 atom stereocenters. The number of nitrogens with two attached hydrogens (primary N) is 1. The van der Waals surface area contributed by atoms with Gasteiger partial charge in [-0.2, -0.15) is 13.2 Å². The number of aryl methyl sites for hydroxylation is 1. The lowest BCUT2D eigenvalue weighted by Crippen LogP contribution is -2.14. The second-order valence-corrected chi connectivity index (χ2v) is 5.04. The molecule has 1 rings (SSSR count). The van der Waals surface area contributed by atoms with Crippen molar-refractivity contribution in [1.29, 1.82) is 0 Å². The number of hydrogen-bond acceptors (Lipinski definition) is 2. The first-order valence-corrected chi connectivity index (χ1v) is 6.93. The van der Waals surface area contributed by atoms with Crippen molar-refractivity contribution >= 4 is 0 Å². The maximum atomic E-state index is 12.7. The predicted octanol–water partition coefficient (Wildman–Crippen LogP) is 4.16. The molecule has 0 aliphatic heterocycles. The van der Waals surface area contributed by atoms with Gasteiger partial charge in [0.2, 0.25) is 0 Å². The van der Waals surface area contributed by atoms with E-state index in [1.165, 1.54) is 12.1 Å². The summed E-state index contributed by atoms with van der Waals surface area (Å²) in [6.07, 6.45) is -1.42. The van der Waals surface area contributed by atoms with E-state index in [9.17, 15) is 13.2 Å². The summed E-state index contributed by atoms with van der Waals surface area (Å²) in [7, 11) is 0. The lowest BCUT2D eigenvalue weighted by Gasteiger charge is -2.14. The van der Waals surface area contributed by atoms with Gasteiger partial charge < -0.3 is 10.5 Å². The van der Waals surface area contributed by atoms with Crippen LogP contribution in [0, 0.1) is 0 Å². The van der Waals surface area contributed by atoms with E-state index in [1.54, 1.807) is 0 Å². The number of alkyl halides is 3. The fraction of sp³-hybridized carbons (Fsp3) is 0.600. The van der Waals surface area contributed by atoms with Crippen LogP contribution in [0.2, 0.25) is 0 Å². The molecule has 0 spiro atoms. The van der Waals surface area contributed by atoms with Crippen LogP contribution >= 0.6 is 0 Å². The van der Waals surface area contributed by atoms with Crippen LogP contribution < -0.4 is 10.5 Å². The van der Waals surface area contributed by atoms with Crippen LogP contribution in [-0.4, -0.2) is 12.6 Å². The van der Waals surface area contributed by atoms with E-state index in [0.29, 0.717) is 24.3 Å². The Morgan fingerprint density at radius 2 is 2.00 bits per heavy atom. The van der Waals surface area contributed by atoms with Gasteiger partial charge in [-0.15, -0.1) is 0 Å². The van der Waals surface area contributed by atoms with Crippen LogP contribution in [0.1, 0.15) is 44.2 Å². The van der Waals surface area contributed by atoms with E-state index >= 15 is 0 Å². The maximum absolute atomic E-state index is 12.7. The molecule has 0 bridgehead atoms. The molecule has 0 heterocycles. The third-order valence-electron chi connectivity index (χ3n) is 2.96. The molecular weight excluding hydrogens is 267 g/mol. The molecule has 20 heavy (non-hydrogen) atoms. The third-order valence-corrected chi connectivity index (χ3v) is 2.96. The first-order valence-electron chi connectivity index (χ1n) is 6.93. The van der Waals surface area contributed by atoms with Crippen molar-refractivity contribution in [2.24, 2.45) is 5.73 Å². The summed E-state index contributed by atoms with van der Waals surface area (Å²) in [6.45, 7) is 4.35. The van der Waals surface area contributed by atoms with E-state index in [-0.39, 0.29) is 6.04 Å². The number of benzene rings is 1. The molecule has 1 unspecified atom stereocenters. The Morgan fingerprint density at radius 1 is 1.30 bits per heavy atom. The van der Waals surface area contributed by atoms with Crippen LogP contribution in [0.3, 0.4) is 0 Å². The maximum Gasteiger partial charge on any atom is 0.416 e. The predicted molar refractivity (Wildman–Crippen MR) is 73.8 cm³/mol. The van der Waals surface area contributed by atoms with E-state index < -0.39 is 11.7 Å². The first kappa shape index (κ1) is 16.8. The Labute approximate surface area is 118 Å². The smallest absolute Gasteiger partial charge is 0.416 e. The fourth-order valence-corrected chi connectivity index (χ4v) is 1.92. The average Bonchev–Trinajstić information content (AvgIpc) is 2.35. The van der Waals surface area contributed by atoms with E-state index in [4.69, 9.17) is 10.5 Å². The highest BCUT2D eigenvalue weighted by molar-refractivity contribution is 5.38. The molecule has 1 aromatic carbocycles. The summed E-state index contributed by atoms with van der Waals surface area (Å²) in [5.74, 6) is 0.546. The van der Waals surface area contributed by atoms with Gasteiger partial charge in [0.05, 0.1) is 12.2 Å². The van der Waals surface area contributed by atoms with Crippen LogP contribution in [-0.2, 0) is 12.6 Å². The Morgan fingerprint density at radius 3 is 2.55 bits per heavy atom. The average molecular weight is 289 g/mol. The van der Waals surface area contributed by atoms with Gasteiger partial charge in [0.1, 0.15) is 5.75 Å². The summed E-state index contributed by atoms with van der Waals surface area (Å²) in [4.78, 5) is 0. The van der Waals surface area contributed by atoms with Crippen LogP contribution in [0.4, 0.5) is 13.2 Å². The highest BCUT2D eigenvalue weighted by Gasteiger charge is 2.31. The second kappa shape index (κ2) is 7.53. The van der Waals surface area contributed by atoms with Crippen LogP contribution in [0.25, 0.3) is 0 Å². The first-order chi connectivity index (χ1) is 9.34. The lowest BCUT2D eigenvalue weighted by molar-refractivity contribution is -0.137. The minimum absolute atomic E-state index is 0.0563. The standard InChI is InChI=1S/C15H22F3NO/c1-3-9-20-14-8-7-13(15(16,17)18)10-12(14)6-4-5-11(2)19/h7-8,10-11H,3-6,9,19H2,1-2H3. The molecule has 5 heteroatoms. The molecule has 1 aromatic rings. The zero-order valence-electron chi connectivity index (χ0n) is 12.0. The normalized spacial score (nSPS) is 13.3. The van der Waals surface area contributed by atoms with Crippen molar-refractivity contribution in [3.05, 3.63) is 29.3 Å². The monoisotopic (exact) mass is 289 g/mol. The van der Waals surface area contributed by atoms with Crippen molar-refractivity contribution in [2.75, 3.05) is 6.61 Å². The quantitative estimate of drug-likeness (QED) is 0.818. The minimum atomic E-state index is -4.32. The Kier molecular flexibility index (Phi) is 6.33. The lowest BCUT2D eigenvalue weighted by atomic mass is 10.0. The Hall–Kier alpha value is -1.23. The van der Waals surface area contributed by atoms with Crippen molar-refractivity contribution < 1.29 is 17.9 Å². The van der Waals surface area contributed by atoms with E-state index in [1.807, 2.05) is 13.8 Å². The molecule has 114 valence electrons. The fourth-order valence-electron chi connectivity index (χ4n) is 1.92. The van der Waals surface area contributed by atoms with Gasteiger partial charge in [-0.3, -0.25) is 0 Å². The van der Waals surface area contributed by atoms with E-state index in [2.05, 4.69) is 0 Å². The van der Waals surface area contributed by atoms with E-state index in [0.717, 1.165) is 25.3 Å². The summed E-state index contributed by atoms with van der Waals surface area (Å²) in [5, 5.41) is 0. The Balaban J connectivity index is 2.88. The molecule has 2 nitrogen and oxygen atoms in total. The highest BCUT2D eigenvalue weighted by Crippen LogP contribution is 2.33. The molecule has 0 fully saturated rings. The largest absolute Gasteiger partial charge is 0.493 e. The minimum Gasteiger partial charge on any atom is -0.493 e. The molecule has 0 aromatic heterocycles.